The molecule has 1 saturated heterocycles. The molecule has 6 nitrogen and oxygen atoms in total. The second-order valence-corrected chi connectivity index (χ2v) is 7.46. The summed E-state index contributed by atoms with van der Waals surface area (Å²) >= 11 is 1.54. The molecule has 3 rings (SSSR count). The van der Waals surface area contributed by atoms with E-state index in [9.17, 15) is 9.59 Å². The molecule has 0 bridgehead atoms. The monoisotopic (exact) mass is 386 g/mol. The van der Waals surface area contributed by atoms with Gasteiger partial charge >= 0.3 is 0 Å². The number of hydrogen-bond acceptors (Lipinski definition) is 5. The van der Waals surface area contributed by atoms with E-state index in [1.54, 1.807) is 0 Å². The number of nitrogens with one attached hydrogen (secondary N) is 1. The fourth-order valence-electron chi connectivity index (χ4n) is 3.11. The van der Waals surface area contributed by atoms with Gasteiger partial charge in [-0.2, -0.15) is 0 Å². The van der Waals surface area contributed by atoms with Crippen molar-refractivity contribution in [3.05, 3.63) is 41.4 Å². The summed E-state index contributed by atoms with van der Waals surface area (Å²) in [6.07, 6.45) is 0.594. The van der Waals surface area contributed by atoms with Gasteiger partial charge in [0.15, 0.2) is 0 Å². The molecule has 0 aliphatic carbocycles. The van der Waals surface area contributed by atoms with Gasteiger partial charge < -0.3 is 15.1 Å². The molecule has 144 valence electrons. The van der Waals surface area contributed by atoms with E-state index in [0.717, 1.165) is 49.0 Å². The van der Waals surface area contributed by atoms with Gasteiger partial charge in [-0.3, -0.25) is 9.59 Å². The molecule has 2 amide bonds. The zero-order valence-corrected chi connectivity index (χ0v) is 16.5. The standard InChI is InChI=1S/C20H26N4O2S/c1-2-23-10-12-24(13-11-23)19(26)8-9-21-18(25)14-17-15-27-20(22-17)16-6-4-3-5-7-16/h3-7,15H,2,8-14H2,1H3,(H,21,25). The summed E-state index contributed by atoms with van der Waals surface area (Å²) in [4.78, 5) is 33.1. The molecule has 0 unspecified atom stereocenters. The van der Waals surface area contributed by atoms with Crippen molar-refractivity contribution in [2.24, 2.45) is 0 Å². The quantitative estimate of drug-likeness (QED) is 0.791. The lowest BCUT2D eigenvalue weighted by Gasteiger charge is -2.34. The van der Waals surface area contributed by atoms with Crippen LogP contribution in [0.2, 0.25) is 0 Å². The average molecular weight is 387 g/mol. The first-order chi connectivity index (χ1) is 13.2. The number of amides is 2. The zero-order valence-electron chi connectivity index (χ0n) is 15.7. The largest absolute Gasteiger partial charge is 0.355 e. The summed E-state index contributed by atoms with van der Waals surface area (Å²) in [7, 11) is 0. The molecule has 1 N–H and O–H groups in total. The third kappa shape index (κ3) is 5.61. The van der Waals surface area contributed by atoms with Gasteiger partial charge in [0, 0.05) is 50.1 Å². The number of carbonyl (C=O) groups is 2. The number of benzene rings is 1. The number of carbonyl (C=O) groups excluding carboxylic acids is 2. The van der Waals surface area contributed by atoms with E-state index in [1.165, 1.54) is 11.3 Å². The van der Waals surface area contributed by atoms with Crippen LogP contribution in [0.1, 0.15) is 19.0 Å². The van der Waals surface area contributed by atoms with E-state index in [-0.39, 0.29) is 18.2 Å². The van der Waals surface area contributed by atoms with Crippen LogP contribution in [0.5, 0.6) is 0 Å². The fourth-order valence-corrected chi connectivity index (χ4v) is 3.93. The van der Waals surface area contributed by atoms with Crippen LogP contribution in [0.15, 0.2) is 35.7 Å². The minimum absolute atomic E-state index is 0.0940. The SMILES string of the molecule is CCN1CCN(C(=O)CCNC(=O)Cc2csc(-c3ccccc3)n2)CC1. The van der Waals surface area contributed by atoms with E-state index in [1.807, 2.05) is 40.6 Å². The Bertz CT molecular complexity index is 754. The van der Waals surface area contributed by atoms with Crippen LogP contribution >= 0.6 is 11.3 Å². The van der Waals surface area contributed by atoms with Crippen LogP contribution in [0, 0.1) is 0 Å². The first-order valence-electron chi connectivity index (χ1n) is 9.42. The Balaban J connectivity index is 1.39. The Morgan fingerprint density at radius 3 is 2.59 bits per heavy atom. The van der Waals surface area contributed by atoms with Gasteiger partial charge in [0.1, 0.15) is 5.01 Å². The molecule has 0 saturated carbocycles. The molecular weight excluding hydrogens is 360 g/mol. The summed E-state index contributed by atoms with van der Waals surface area (Å²) in [5.41, 5.74) is 1.82. The third-order valence-corrected chi connectivity index (χ3v) is 5.69. The Labute approximate surface area is 164 Å². The average Bonchev–Trinajstić information content (AvgIpc) is 3.17. The molecule has 1 aromatic heterocycles. The van der Waals surface area contributed by atoms with Crippen LogP contribution < -0.4 is 5.32 Å². The maximum absolute atomic E-state index is 12.2. The van der Waals surface area contributed by atoms with Crippen molar-refractivity contribution in [1.82, 2.24) is 20.1 Å². The minimum Gasteiger partial charge on any atom is -0.355 e. The molecule has 1 aliphatic rings. The Morgan fingerprint density at radius 1 is 1.15 bits per heavy atom. The topological polar surface area (TPSA) is 65.5 Å². The van der Waals surface area contributed by atoms with Crippen molar-refractivity contribution in [2.45, 2.75) is 19.8 Å². The molecule has 27 heavy (non-hydrogen) atoms. The molecule has 2 heterocycles. The highest BCUT2D eigenvalue weighted by atomic mass is 32.1. The van der Waals surface area contributed by atoms with E-state index in [2.05, 4.69) is 22.1 Å². The fraction of sp³-hybridized carbons (Fsp3) is 0.450. The first kappa shape index (κ1) is 19.5. The summed E-state index contributed by atoms with van der Waals surface area (Å²) in [5.74, 6) is 0.0228. The lowest BCUT2D eigenvalue weighted by Crippen LogP contribution is -2.49. The highest BCUT2D eigenvalue weighted by Crippen LogP contribution is 2.23. The number of aromatic nitrogens is 1. The maximum Gasteiger partial charge on any atom is 0.226 e. The van der Waals surface area contributed by atoms with Crippen molar-refractivity contribution in [3.63, 3.8) is 0 Å². The number of thiazole rings is 1. The van der Waals surface area contributed by atoms with E-state index in [4.69, 9.17) is 0 Å². The third-order valence-electron chi connectivity index (χ3n) is 4.75. The first-order valence-corrected chi connectivity index (χ1v) is 10.3. The summed E-state index contributed by atoms with van der Waals surface area (Å²) in [5, 5.41) is 5.67. The van der Waals surface area contributed by atoms with Crippen LogP contribution in [0.4, 0.5) is 0 Å². The summed E-state index contributed by atoms with van der Waals surface area (Å²) < 4.78 is 0. The predicted molar refractivity (Wildman–Crippen MR) is 108 cm³/mol. The van der Waals surface area contributed by atoms with Gasteiger partial charge in [0.05, 0.1) is 12.1 Å². The van der Waals surface area contributed by atoms with Crippen molar-refractivity contribution in [2.75, 3.05) is 39.3 Å². The van der Waals surface area contributed by atoms with Gasteiger partial charge in [-0.25, -0.2) is 4.98 Å². The highest BCUT2D eigenvalue weighted by molar-refractivity contribution is 7.13. The Kier molecular flexibility index (Phi) is 6.95. The maximum atomic E-state index is 12.2. The molecule has 2 aromatic rings. The normalized spacial score (nSPS) is 14.9. The number of hydrogen-bond donors (Lipinski definition) is 1. The smallest absolute Gasteiger partial charge is 0.226 e. The molecule has 1 fully saturated rings. The molecule has 1 aliphatic heterocycles. The van der Waals surface area contributed by atoms with Crippen molar-refractivity contribution in [1.29, 1.82) is 0 Å². The number of piperazine rings is 1. The van der Waals surface area contributed by atoms with Gasteiger partial charge in [-0.05, 0) is 6.54 Å². The number of nitrogens with zero attached hydrogens (tertiary/aromatic N) is 3. The van der Waals surface area contributed by atoms with Crippen LogP contribution in [0.25, 0.3) is 10.6 Å². The summed E-state index contributed by atoms with van der Waals surface area (Å²) in [6.45, 7) is 6.97. The van der Waals surface area contributed by atoms with Crippen LogP contribution in [0.3, 0.4) is 0 Å². The highest BCUT2D eigenvalue weighted by Gasteiger charge is 2.19. The minimum atomic E-state index is -0.0940. The Morgan fingerprint density at radius 2 is 1.89 bits per heavy atom. The molecule has 0 spiro atoms. The molecule has 1 aromatic carbocycles. The second kappa shape index (κ2) is 9.62. The van der Waals surface area contributed by atoms with Crippen molar-refractivity contribution < 1.29 is 9.59 Å². The lowest BCUT2D eigenvalue weighted by atomic mass is 10.2. The molecule has 0 atom stereocenters. The molecular formula is C20H26N4O2S. The number of likely N-dealkylation sites (N-methyl/N-ethyl adjacent to an activating group) is 1. The van der Waals surface area contributed by atoms with Gasteiger partial charge in [0.25, 0.3) is 0 Å². The van der Waals surface area contributed by atoms with E-state index in [0.29, 0.717) is 13.0 Å². The van der Waals surface area contributed by atoms with Gasteiger partial charge in [0.2, 0.25) is 11.8 Å². The van der Waals surface area contributed by atoms with Crippen molar-refractivity contribution >= 4 is 23.2 Å². The molecule has 0 radical (unpaired) electrons. The van der Waals surface area contributed by atoms with Crippen LogP contribution in [-0.2, 0) is 16.0 Å². The van der Waals surface area contributed by atoms with Gasteiger partial charge in [-0.15, -0.1) is 11.3 Å². The second-order valence-electron chi connectivity index (χ2n) is 6.60. The van der Waals surface area contributed by atoms with Crippen molar-refractivity contribution in [3.8, 4) is 10.6 Å². The summed E-state index contributed by atoms with van der Waals surface area (Å²) in [6, 6.07) is 9.93. The zero-order chi connectivity index (χ0) is 19.1. The number of rotatable bonds is 7. The van der Waals surface area contributed by atoms with Crippen LogP contribution in [-0.4, -0.2) is 65.9 Å². The lowest BCUT2D eigenvalue weighted by molar-refractivity contribution is -0.132. The van der Waals surface area contributed by atoms with Gasteiger partial charge in [-0.1, -0.05) is 37.3 Å². The van der Waals surface area contributed by atoms with E-state index < -0.39 is 0 Å². The predicted octanol–water partition coefficient (Wildman–Crippen LogP) is 2.02. The molecule has 7 heteroatoms. The van der Waals surface area contributed by atoms with E-state index >= 15 is 0 Å². The Hall–Kier alpha value is -2.25.